The number of esters is 1. The predicted octanol–water partition coefficient (Wildman–Crippen LogP) is 2.42. The fourth-order valence-electron chi connectivity index (χ4n) is 3.13. The van der Waals surface area contributed by atoms with Crippen molar-refractivity contribution in [1.29, 1.82) is 0 Å². The minimum Gasteiger partial charge on any atom is -0.455 e. The van der Waals surface area contributed by atoms with Crippen molar-refractivity contribution in [1.82, 2.24) is 14.4 Å². The molecule has 3 aromatic heterocycles. The van der Waals surface area contributed by atoms with Crippen molar-refractivity contribution in [3.8, 4) is 0 Å². The third kappa shape index (κ3) is 3.08. The molecular formula is C18H18N4O3S. The largest absolute Gasteiger partial charge is 0.455 e. The van der Waals surface area contributed by atoms with E-state index in [0.29, 0.717) is 22.0 Å². The summed E-state index contributed by atoms with van der Waals surface area (Å²) >= 11 is 1.39. The lowest BCUT2D eigenvalue weighted by Gasteiger charge is -2.18. The first-order valence-electron chi connectivity index (χ1n) is 8.47. The van der Waals surface area contributed by atoms with Gasteiger partial charge in [0, 0.05) is 36.4 Å². The normalized spacial score (nSPS) is 14.1. The first kappa shape index (κ1) is 16.7. The second-order valence-electron chi connectivity index (χ2n) is 6.23. The van der Waals surface area contributed by atoms with Gasteiger partial charge in [0.15, 0.2) is 4.96 Å². The molecule has 4 heterocycles. The van der Waals surface area contributed by atoms with E-state index in [1.807, 2.05) is 12.3 Å². The Morgan fingerprint density at radius 3 is 2.96 bits per heavy atom. The van der Waals surface area contributed by atoms with Crippen molar-refractivity contribution < 1.29 is 9.53 Å². The zero-order valence-electron chi connectivity index (χ0n) is 14.3. The SMILES string of the molecule is Cc1csc2nc(COC(=O)c3cccnc3N3CCCC3)cc(=O)n12. The summed E-state index contributed by atoms with van der Waals surface area (Å²) in [6, 6.07) is 4.85. The van der Waals surface area contributed by atoms with E-state index in [9.17, 15) is 9.59 Å². The second-order valence-corrected chi connectivity index (χ2v) is 7.06. The van der Waals surface area contributed by atoms with E-state index in [1.165, 1.54) is 17.4 Å². The number of aromatic nitrogens is 3. The topological polar surface area (TPSA) is 76.8 Å². The number of carbonyl (C=O) groups excluding carboxylic acids is 1. The number of aryl methyl sites for hydroxylation is 1. The van der Waals surface area contributed by atoms with Crippen LogP contribution in [-0.4, -0.2) is 33.4 Å². The molecule has 134 valence electrons. The molecule has 3 aromatic rings. The summed E-state index contributed by atoms with van der Waals surface area (Å²) < 4.78 is 6.96. The molecule has 0 unspecified atom stereocenters. The van der Waals surface area contributed by atoms with Gasteiger partial charge in [-0.05, 0) is 31.9 Å². The minimum absolute atomic E-state index is 0.0458. The molecular weight excluding hydrogens is 352 g/mol. The molecule has 0 N–H and O–H groups in total. The Labute approximate surface area is 153 Å². The first-order chi connectivity index (χ1) is 12.6. The third-order valence-corrected chi connectivity index (χ3v) is 5.34. The number of ether oxygens (including phenoxy) is 1. The standard InChI is InChI=1S/C18H18N4O3S/c1-12-11-26-18-20-13(9-15(23)22(12)18)10-25-17(24)14-5-4-6-19-16(14)21-7-2-3-8-21/h4-6,9,11H,2-3,7-8,10H2,1H3. The molecule has 0 radical (unpaired) electrons. The quantitative estimate of drug-likeness (QED) is 0.657. The number of anilines is 1. The Morgan fingerprint density at radius 1 is 1.35 bits per heavy atom. The van der Waals surface area contributed by atoms with Crippen molar-refractivity contribution in [2.24, 2.45) is 0 Å². The molecule has 0 atom stereocenters. The van der Waals surface area contributed by atoms with E-state index < -0.39 is 5.97 Å². The van der Waals surface area contributed by atoms with Crippen LogP contribution >= 0.6 is 11.3 Å². The summed E-state index contributed by atoms with van der Waals surface area (Å²) in [6.45, 7) is 3.60. The summed E-state index contributed by atoms with van der Waals surface area (Å²) in [5, 5.41) is 1.87. The zero-order valence-corrected chi connectivity index (χ0v) is 15.2. The van der Waals surface area contributed by atoms with Gasteiger partial charge in [-0.3, -0.25) is 9.20 Å². The van der Waals surface area contributed by atoms with Gasteiger partial charge in [-0.15, -0.1) is 11.3 Å². The fourth-order valence-corrected chi connectivity index (χ4v) is 4.02. The van der Waals surface area contributed by atoms with Crippen molar-refractivity contribution >= 4 is 28.1 Å². The van der Waals surface area contributed by atoms with Gasteiger partial charge in [0.1, 0.15) is 18.0 Å². The first-order valence-corrected chi connectivity index (χ1v) is 9.35. The molecule has 4 rings (SSSR count). The van der Waals surface area contributed by atoms with Crippen LogP contribution < -0.4 is 10.5 Å². The average molecular weight is 370 g/mol. The molecule has 1 fully saturated rings. The van der Waals surface area contributed by atoms with E-state index in [2.05, 4.69) is 14.9 Å². The van der Waals surface area contributed by atoms with Gasteiger partial charge in [-0.1, -0.05) is 0 Å². The van der Waals surface area contributed by atoms with Gasteiger partial charge >= 0.3 is 5.97 Å². The van der Waals surface area contributed by atoms with Crippen molar-refractivity contribution in [2.75, 3.05) is 18.0 Å². The van der Waals surface area contributed by atoms with E-state index in [4.69, 9.17) is 4.74 Å². The average Bonchev–Trinajstić information content (AvgIpc) is 3.30. The fraction of sp³-hybridized carbons (Fsp3) is 0.333. The molecule has 0 saturated carbocycles. The van der Waals surface area contributed by atoms with Crippen LogP contribution in [0.2, 0.25) is 0 Å². The smallest absolute Gasteiger partial charge is 0.342 e. The number of pyridine rings is 1. The molecule has 0 spiro atoms. The van der Waals surface area contributed by atoms with Crippen LogP contribution in [0, 0.1) is 6.92 Å². The number of fused-ring (bicyclic) bond motifs is 1. The molecule has 0 aromatic carbocycles. The van der Waals surface area contributed by atoms with E-state index in [1.54, 1.807) is 22.7 Å². The maximum Gasteiger partial charge on any atom is 0.342 e. The number of rotatable bonds is 4. The minimum atomic E-state index is -0.454. The molecule has 7 nitrogen and oxygen atoms in total. The van der Waals surface area contributed by atoms with Crippen LogP contribution in [0.15, 0.2) is 34.6 Å². The Hall–Kier alpha value is -2.74. The van der Waals surface area contributed by atoms with Crippen molar-refractivity contribution in [2.45, 2.75) is 26.4 Å². The number of hydrogen-bond acceptors (Lipinski definition) is 7. The van der Waals surface area contributed by atoms with E-state index in [0.717, 1.165) is 31.6 Å². The summed E-state index contributed by atoms with van der Waals surface area (Å²) in [7, 11) is 0. The highest BCUT2D eigenvalue weighted by Gasteiger charge is 2.21. The lowest BCUT2D eigenvalue weighted by Crippen LogP contribution is -2.22. The lowest BCUT2D eigenvalue weighted by atomic mass is 10.2. The molecule has 1 aliphatic heterocycles. The van der Waals surface area contributed by atoms with Crippen molar-refractivity contribution in [3.63, 3.8) is 0 Å². The maximum atomic E-state index is 12.6. The summed E-state index contributed by atoms with van der Waals surface area (Å²) in [5.74, 6) is 0.205. The summed E-state index contributed by atoms with van der Waals surface area (Å²) in [5.41, 5.74) is 1.56. The van der Waals surface area contributed by atoms with Gasteiger partial charge in [0.05, 0.1) is 5.69 Å². The molecule has 0 amide bonds. The molecule has 1 saturated heterocycles. The number of hydrogen-bond donors (Lipinski definition) is 0. The van der Waals surface area contributed by atoms with Gasteiger partial charge in [0.25, 0.3) is 5.56 Å². The second kappa shape index (κ2) is 6.87. The van der Waals surface area contributed by atoms with Crippen LogP contribution in [0.4, 0.5) is 5.82 Å². The highest BCUT2D eigenvalue weighted by atomic mass is 32.1. The van der Waals surface area contributed by atoms with Crippen LogP contribution in [0.1, 0.15) is 34.6 Å². The van der Waals surface area contributed by atoms with Gasteiger partial charge in [-0.2, -0.15) is 0 Å². The zero-order chi connectivity index (χ0) is 18.1. The lowest BCUT2D eigenvalue weighted by molar-refractivity contribution is 0.0468. The number of thiazole rings is 1. The molecule has 8 heteroatoms. The van der Waals surface area contributed by atoms with Gasteiger partial charge in [0.2, 0.25) is 0 Å². The monoisotopic (exact) mass is 370 g/mol. The Morgan fingerprint density at radius 2 is 2.15 bits per heavy atom. The van der Waals surface area contributed by atoms with Crippen LogP contribution in [0.3, 0.4) is 0 Å². The van der Waals surface area contributed by atoms with Crippen molar-refractivity contribution in [3.05, 3.63) is 57.1 Å². The highest BCUT2D eigenvalue weighted by molar-refractivity contribution is 7.15. The number of carbonyl (C=O) groups is 1. The number of nitrogens with zero attached hydrogens (tertiary/aromatic N) is 4. The predicted molar refractivity (Wildman–Crippen MR) is 98.9 cm³/mol. The van der Waals surface area contributed by atoms with Crippen LogP contribution in [0.5, 0.6) is 0 Å². The maximum absolute atomic E-state index is 12.6. The third-order valence-electron chi connectivity index (χ3n) is 4.39. The summed E-state index contributed by atoms with van der Waals surface area (Å²) in [6.07, 6.45) is 3.87. The van der Waals surface area contributed by atoms with E-state index in [-0.39, 0.29) is 12.2 Å². The van der Waals surface area contributed by atoms with Crippen LogP contribution in [-0.2, 0) is 11.3 Å². The molecule has 1 aliphatic rings. The molecule has 0 aliphatic carbocycles. The Balaban J connectivity index is 1.54. The summed E-state index contributed by atoms with van der Waals surface area (Å²) in [4.78, 5) is 36.2. The Kier molecular flexibility index (Phi) is 4.42. The molecule has 0 bridgehead atoms. The van der Waals surface area contributed by atoms with Gasteiger partial charge in [-0.25, -0.2) is 14.8 Å². The van der Waals surface area contributed by atoms with Crippen LogP contribution in [0.25, 0.3) is 4.96 Å². The van der Waals surface area contributed by atoms with Gasteiger partial charge < -0.3 is 9.64 Å². The van der Waals surface area contributed by atoms with E-state index >= 15 is 0 Å². The Bertz CT molecular complexity index is 1020. The molecule has 26 heavy (non-hydrogen) atoms. The highest BCUT2D eigenvalue weighted by Crippen LogP contribution is 2.23.